The fourth-order valence-electron chi connectivity index (χ4n) is 2.84. The number of fused-ring (bicyclic) bond motifs is 1. The molecule has 0 N–H and O–H groups in total. The van der Waals surface area contributed by atoms with Crippen LogP contribution in [0.25, 0.3) is 6.08 Å². The summed E-state index contributed by atoms with van der Waals surface area (Å²) in [7, 11) is 3.16. The first-order valence-corrected chi connectivity index (χ1v) is 8.13. The van der Waals surface area contributed by atoms with E-state index >= 15 is 0 Å². The first kappa shape index (κ1) is 17.5. The Morgan fingerprint density at radius 2 is 1.73 bits per heavy atom. The summed E-state index contributed by atoms with van der Waals surface area (Å²) in [5.74, 6) is 0.672. The molecule has 1 amide bonds. The van der Waals surface area contributed by atoms with Crippen LogP contribution in [0, 0.1) is 0 Å². The van der Waals surface area contributed by atoms with Crippen molar-refractivity contribution in [2.45, 2.75) is 12.8 Å². The molecule has 0 saturated heterocycles. The van der Waals surface area contributed by atoms with E-state index in [0.29, 0.717) is 42.0 Å². The van der Waals surface area contributed by atoms with Gasteiger partial charge in [0.25, 0.3) is 0 Å². The molecule has 6 heteroatoms. The Morgan fingerprint density at radius 3 is 2.38 bits per heavy atom. The molecule has 3 rings (SSSR count). The minimum absolute atomic E-state index is 0.377. The topological polar surface area (TPSA) is 65.1 Å². The smallest absolute Gasteiger partial charge is 0.363 e. The van der Waals surface area contributed by atoms with Crippen molar-refractivity contribution in [2.75, 3.05) is 14.2 Å². The Kier molecular flexibility index (Phi) is 5.22. The fourth-order valence-corrected chi connectivity index (χ4v) is 2.84. The lowest BCUT2D eigenvalue weighted by Crippen LogP contribution is -2.27. The monoisotopic (exact) mass is 353 g/mol. The van der Waals surface area contributed by atoms with Crippen LogP contribution in [0.3, 0.4) is 0 Å². The Hall–Kier alpha value is -3.28. The van der Waals surface area contributed by atoms with Gasteiger partial charge in [-0.25, -0.2) is 4.79 Å². The average Bonchev–Trinajstić information content (AvgIpc) is 2.70. The largest absolute Gasteiger partial charge is 0.493 e. The highest BCUT2D eigenvalue weighted by Crippen LogP contribution is 2.35. The molecule has 0 aromatic heterocycles. The van der Waals surface area contributed by atoms with Crippen molar-refractivity contribution in [3.05, 3.63) is 64.9 Å². The van der Waals surface area contributed by atoms with Gasteiger partial charge in [-0.2, -0.15) is 0 Å². The Morgan fingerprint density at radius 1 is 1.04 bits per heavy atom. The van der Waals surface area contributed by atoms with Crippen LogP contribution in [0.1, 0.15) is 27.9 Å². The molecule has 0 radical (unpaired) electrons. The van der Waals surface area contributed by atoms with E-state index in [0.717, 1.165) is 16.2 Å². The number of hydrogen-bond donors (Lipinski definition) is 0. The van der Waals surface area contributed by atoms with Gasteiger partial charge in [-0.15, -0.1) is 5.06 Å². The third-order valence-electron chi connectivity index (χ3n) is 4.19. The van der Waals surface area contributed by atoms with Gasteiger partial charge < -0.3 is 14.3 Å². The van der Waals surface area contributed by atoms with Crippen molar-refractivity contribution >= 4 is 18.5 Å². The fraction of sp³-hybridized carbons (Fsp3) is 0.200. The number of allylic oxidation sites excluding steroid dienone is 1. The van der Waals surface area contributed by atoms with Gasteiger partial charge in [-0.1, -0.05) is 18.2 Å². The maximum absolute atomic E-state index is 12.2. The molecular formula is C20H19NO5. The molecule has 0 spiro atoms. The van der Waals surface area contributed by atoms with Crippen LogP contribution in [0.4, 0.5) is 0 Å². The van der Waals surface area contributed by atoms with Gasteiger partial charge in [-0.3, -0.25) is 4.79 Å². The van der Waals surface area contributed by atoms with Crippen molar-refractivity contribution in [1.82, 2.24) is 5.06 Å². The summed E-state index contributed by atoms with van der Waals surface area (Å²) in [6, 6.07) is 12.3. The van der Waals surface area contributed by atoms with E-state index in [1.165, 1.54) is 0 Å². The number of amides is 1. The van der Waals surface area contributed by atoms with E-state index in [1.54, 1.807) is 44.6 Å². The molecule has 134 valence electrons. The standard InChI is InChI=1S/C20H19NO5/c1-24-18-11-15-8-9-17(10-16(15)12-19(18)25-2)21(13-22)26-20(23)14-6-4-3-5-7-14/h3-7,10-13H,8-9H2,1-2H3. The maximum atomic E-state index is 12.2. The zero-order chi connectivity index (χ0) is 18.5. The molecule has 26 heavy (non-hydrogen) atoms. The minimum atomic E-state index is -0.586. The number of methoxy groups -OCH3 is 2. The molecule has 6 nitrogen and oxygen atoms in total. The van der Waals surface area contributed by atoms with Crippen molar-refractivity contribution in [1.29, 1.82) is 0 Å². The highest BCUT2D eigenvalue weighted by atomic mass is 16.7. The number of aryl methyl sites for hydroxylation is 1. The van der Waals surface area contributed by atoms with Gasteiger partial charge in [-0.05, 0) is 54.3 Å². The van der Waals surface area contributed by atoms with Crippen LogP contribution in [-0.4, -0.2) is 31.7 Å². The summed E-state index contributed by atoms with van der Waals surface area (Å²) >= 11 is 0. The normalized spacial score (nSPS) is 12.5. The lowest BCUT2D eigenvalue weighted by Gasteiger charge is -2.24. The SMILES string of the molecule is COc1cc2c(cc1OC)CCC(N(C=O)OC(=O)c1ccccc1)=C2. The molecule has 1 aliphatic rings. The number of benzene rings is 2. The predicted molar refractivity (Wildman–Crippen MR) is 95.6 cm³/mol. The zero-order valence-electron chi connectivity index (χ0n) is 14.6. The van der Waals surface area contributed by atoms with Crippen LogP contribution in [0.5, 0.6) is 11.5 Å². The second-order valence-electron chi connectivity index (χ2n) is 5.72. The molecule has 2 aromatic rings. The quantitative estimate of drug-likeness (QED) is 0.589. The minimum Gasteiger partial charge on any atom is -0.493 e. The molecule has 1 aliphatic carbocycles. The average molecular weight is 353 g/mol. The van der Waals surface area contributed by atoms with Gasteiger partial charge in [0.2, 0.25) is 6.41 Å². The molecule has 0 atom stereocenters. The van der Waals surface area contributed by atoms with E-state index in [2.05, 4.69) is 0 Å². The molecule has 0 heterocycles. The highest BCUT2D eigenvalue weighted by Gasteiger charge is 2.21. The summed E-state index contributed by atoms with van der Waals surface area (Å²) in [6.45, 7) is 0. The Bertz CT molecular complexity index is 845. The zero-order valence-corrected chi connectivity index (χ0v) is 14.6. The van der Waals surface area contributed by atoms with E-state index < -0.39 is 5.97 Å². The van der Waals surface area contributed by atoms with E-state index in [-0.39, 0.29) is 0 Å². The highest BCUT2D eigenvalue weighted by molar-refractivity contribution is 5.89. The molecular weight excluding hydrogens is 334 g/mol. The van der Waals surface area contributed by atoms with Gasteiger partial charge in [0.15, 0.2) is 11.5 Å². The van der Waals surface area contributed by atoms with Crippen molar-refractivity contribution in [3.8, 4) is 11.5 Å². The van der Waals surface area contributed by atoms with Gasteiger partial charge in [0.1, 0.15) is 0 Å². The van der Waals surface area contributed by atoms with Crippen molar-refractivity contribution in [3.63, 3.8) is 0 Å². The van der Waals surface area contributed by atoms with Crippen molar-refractivity contribution in [2.24, 2.45) is 0 Å². The molecule has 0 aliphatic heterocycles. The van der Waals surface area contributed by atoms with Crippen LogP contribution >= 0.6 is 0 Å². The number of hydrogen-bond acceptors (Lipinski definition) is 5. The summed E-state index contributed by atoms with van der Waals surface area (Å²) in [5, 5.41) is 0.981. The number of carbonyl (C=O) groups excluding carboxylic acids is 2. The lowest BCUT2D eigenvalue weighted by molar-refractivity contribution is -0.144. The second kappa shape index (κ2) is 7.74. The third-order valence-corrected chi connectivity index (χ3v) is 4.19. The van der Waals surface area contributed by atoms with Gasteiger partial charge in [0.05, 0.1) is 25.5 Å². The number of hydroxylamine groups is 2. The predicted octanol–water partition coefficient (Wildman–Crippen LogP) is 3.22. The number of rotatable bonds is 6. The first-order chi connectivity index (χ1) is 12.7. The van der Waals surface area contributed by atoms with Gasteiger partial charge in [0, 0.05) is 0 Å². The maximum Gasteiger partial charge on any atom is 0.363 e. The third kappa shape index (κ3) is 3.54. The molecule has 0 unspecified atom stereocenters. The molecule has 2 aromatic carbocycles. The van der Waals surface area contributed by atoms with Crippen LogP contribution in [0.15, 0.2) is 48.2 Å². The van der Waals surface area contributed by atoms with Gasteiger partial charge >= 0.3 is 5.97 Å². The van der Waals surface area contributed by atoms with E-state index in [9.17, 15) is 9.59 Å². The van der Waals surface area contributed by atoms with E-state index in [1.807, 2.05) is 18.2 Å². The molecule has 0 bridgehead atoms. The molecule has 0 fully saturated rings. The van der Waals surface area contributed by atoms with Crippen LogP contribution in [0.2, 0.25) is 0 Å². The van der Waals surface area contributed by atoms with Crippen LogP contribution < -0.4 is 9.47 Å². The lowest BCUT2D eigenvalue weighted by atomic mass is 9.94. The summed E-state index contributed by atoms with van der Waals surface area (Å²) < 4.78 is 10.6. The summed E-state index contributed by atoms with van der Waals surface area (Å²) in [4.78, 5) is 28.9. The van der Waals surface area contributed by atoms with Crippen LogP contribution in [-0.2, 0) is 16.1 Å². The first-order valence-electron chi connectivity index (χ1n) is 8.13. The Balaban J connectivity index is 1.85. The Labute approximate surface area is 151 Å². The number of carbonyl (C=O) groups is 2. The summed E-state index contributed by atoms with van der Waals surface area (Å²) in [5.41, 5.74) is 2.95. The molecule has 0 saturated carbocycles. The van der Waals surface area contributed by atoms with E-state index in [4.69, 9.17) is 14.3 Å². The number of ether oxygens (including phenoxy) is 2. The van der Waals surface area contributed by atoms with Crippen molar-refractivity contribution < 1.29 is 23.9 Å². The number of nitrogens with zero attached hydrogens (tertiary/aromatic N) is 1. The summed E-state index contributed by atoms with van der Waals surface area (Å²) in [6.07, 6.45) is 3.56. The second-order valence-corrected chi connectivity index (χ2v) is 5.72.